The Kier molecular flexibility index (Phi) is 4.59. The van der Waals surface area contributed by atoms with Crippen molar-refractivity contribution >= 4 is 11.6 Å². The molecule has 20 heavy (non-hydrogen) atoms. The summed E-state index contributed by atoms with van der Waals surface area (Å²) >= 11 is 0. The number of hydrogen-bond acceptors (Lipinski definition) is 5. The first kappa shape index (κ1) is 14.8. The summed E-state index contributed by atoms with van der Waals surface area (Å²) in [6.45, 7) is 2.15. The van der Waals surface area contributed by atoms with Gasteiger partial charge in [0.15, 0.2) is 0 Å². The highest BCUT2D eigenvalue weighted by atomic mass is 16.6. The number of aliphatic hydroxyl groups excluding tert-OH is 1. The lowest BCUT2D eigenvalue weighted by Gasteiger charge is -2.34. The number of nitro groups is 1. The molecule has 1 N–H and O–H groups in total. The molecule has 0 bridgehead atoms. The molecule has 1 aliphatic carbocycles. The maximum Gasteiger partial charge on any atom is 0.406 e. The molecule has 0 amide bonds. The van der Waals surface area contributed by atoms with Gasteiger partial charge in [0.05, 0.1) is 6.61 Å². The second-order valence-corrected chi connectivity index (χ2v) is 5.33. The average molecular weight is 282 g/mol. The topological polar surface area (TPSA) is 84.4 Å². The lowest BCUT2D eigenvalue weighted by atomic mass is 9.94. The van der Waals surface area contributed by atoms with Gasteiger partial charge in [-0.3, -0.25) is 4.57 Å². The Morgan fingerprint density at radius 2 is 2.10 bits per heavy atom. The molecule has 1 fully saturated rings. The lowest BCUT2D eigenvalue weighted by Crippen LogP contribution is -2.40. The van der Waals surface area contributed by atoms with Crippen LogP contribution in [0.25, 0.3) is 0 Å². The molecule has 1 heterocycles. The summed E-state index contributed by atoms with van der Waals surface area (Å²) < 4.78 is 1.75. The number of rotatable bonds is 5. The number of hydrogen-bond donors (Lipinski definition) is 1. The van der Waals surface area contributed by atoms with E-state index in [1.807, 2.05) is 4.90 Å². The molecule has 7 heteroatoms. The Morgan fingerprint density at radius 3 is 2.65 bits per heavy atom. The van der Waals surface area contributed by atoms with Crippen LogP contribution < -0.4 is 4.90 Å². The van der Waals surface area contributed by atoms with Crippen molar-refractivity contribution in [2.45, 2.75) is 45.1 Å². The molecule has 7 nitrogen and oxygen atoms in total. The van der Waals surface area contributed by atoms with Crippen LogP contribution in [-0.4, -0.2) is 38.8 Å². The van der Waals surface area contributed by atoms with Crippen LogP contribution in [0.15, 0.2) is 0 Å². The van der Waals surface area contributed by atoms with Gasteiger partial charge in [-0.1, -0.05) is 19.3 Å². The predicted octanol–water partition coefficient (Wildman–Crippen LogP) is 1.77. The minimum absolute atomic E-state index is 0.0160. The largest absolute Gasteiger partial charge is 0.406 e. The van der Waals surface area contributed by atoms with Crippen LogP contribution in [0.4, 0.5) is 11.6 Å². The van der Waals surface area contributed by atoms with E-state index in [-0.39, 0.29) is 18.5 Å². The van der Waals surface area contributed by atoms with Crippen molar-refractivity contribution in [1.29, 1.82) is 0 Å². The van der Waals surface area contributed by atoms with Gasteiger partial charge in [-0.15, -0.1) is 0 Å². The molecule has 0 aliphatic heterocycles. The molecule has 1 aromatic heterocycles. The zero-order valence-corrected chi connectivity index (χ0v) is 12.1. The van der Waals surface area contributed by atoms with Gasteiger partial charge in [-0.25, -0.2) is 0 Å². The van der Waals surface area contributed by atoms with Crippen molar-refractivity contribution in [2.75, 3.05) is 18.1 Å². The number of aryl methyl sites for hydroxylation is 1. The maximum atomic E-state index is 11.2. The molecule has 0 radical (unpaired) electrons. The molecule has 1 aliphatic rings. The fraction of sp³-hybridized carbons (Fsp3) is 0.769. The van der Waals surface area contributed by atoms with E-state index >= 15 is 0 Å². The SMILES string of the molecule is Cc1nc([N+](=O)[O-])c(N(CCO)C2CCCCC2)n1C. The summed E-state index contributed by atoms with van der Waals surface area (Å²) in [4.78, 5) is 16.8. The highest BCUT2D eigenvalue weighted by Gasteiger charge is 2.32. The van der Waals surface area contributed by atoms with Crippen molar-refractivity contribution < 1.29 is 10.0 Å². The van der Waals surface area contributed by atoms with Crippen LogP contribution in [0, 0.1) is 17.0 Å². The summed E-state index contributed by atoms with van der Waals surface area (Å²) in [6.07, 6.45) is 5.52. The molecular weight excluding hydrogens is 260 g/mol. The first-order valence-electron chi connectivity index (χ1n) is 7.11. The summed E-state index contributed by atoms with van der Waals surface area (Å²) in [6, 6.07) is 0.254. The van der Waals surface area contributed by atoms with Gasteiger partial charge in [-0.2, -0.15) is 0 Å². The first-order valence-corrected chi connectivity index (χ1v) is 7.11. The summed E-state index contributed by atoms with van der Waals surface area (Å²) in [5.74, 6) is 1.03. The fourth-order valence-electron chi connectivity index (χ4n) is 2.99. The molecule has 0 saturated heterocycles. The molecule has 112 valence electrons. The van der Waals surface area contributed by atoms with Gasteiger partial charge in [0.2, 0.25) is 11.6 Å². The Balaban J connectivity index is 2.39. The van der Waals surface area contributed by atoms with Gasteiger partial charge in [0, 0.05) is 26.6 Å². The standard InChI is InChI=1S/C13H22N4O3/c1-10-14-12(17(19)20)13(15(10)2)16(8-9-18)11-6-4-3-5-7-11/h11,18H,3-9H2,1-2H3. The van der Waals surface area contributed by atoms with Crippen LogP contribution in [0.1, 0.15) is 37.9 Å². The summed E-state index contributed by atoms with van der Waals surface area (Å²) in [7, 11) is 1.79. The van der Waals surface area contributed by atoms with Crippen LogP contribution in [-0.2, 0) is 7.05 Å². The minimum atomic E-state index is -0.435. The van der Waals surface area contributed by atoms with Crippen molar-refractivity contribution in [2.24, 2.45) is 7.05 Å². The third-order valence-corrected chi connectivity index (χ3v) is 4.07. The van der Waals surface area contributed by atoms with E-state index in [0.29, 0.717) is 18.2 Å². The van der Waals surface area contributed by atoms with Crippen molar-refractivity contribution in [3.8, 4) is 0 Å². The molecule has 0 aromatic carbocycles. The Bertz CT molecular complexity index is 480. The van der Waals surface area contributed by atoms with E-state index < -0.39 is 4.92 Å². The molecular formula is C13H22N4O3. The predicted molar refractivity (Wildman–Crippen MR) is 75.9 cm³/mol. The molecule has 0 unspecified atom stereocenters. The molecule has 0 spiro atoms. The molecule has 0 atom stereocenters. The first-order chi connectivity index (χ1) is 9.56. The quantitative estimate of drug-likeness (QED) is 0.657. The average Bonchev–Trinajstić information content (AvgIpc) is 2.74. The Labute approximate surface area is 118 Å². The van der Waals surface area contributed by atoms with E-state index in [9.17, 15) is 15.2 Å². The zero-order chi connectivity index (χ0) is 14.7. The maximum absolute atomic E-state index is 11.2. The normalized spacial score (nSPS) is 16.4. The number of aromatic nitrogens is 2. The number of aliphatic hydroxyl groups is 1. The van der Waals surface area contributed by atoms with E-state index in [0.717, 1.165) is 25.7 Å². The van der Waals surface area contributed by atoms with Crippen LogP contribution >= 0.6 is 0 Å². The second-order valence-electron chi connectivity index (χ2n) is 5.33. The fourth-order valence-corrected chi connectivity index (χ4v) is 2.99. The van der Waals surface area contributed by atoms with Crippen LogP contribution in [0.3, 0.4) is 0 Å². The van der Waals surface area contributed by atoms with Gasteiger partial charge >= 0.3 is 5.82 Å². The van der Waals surface area contributed by atoms with Crippen LogP contribution in [0.5, 0.6) is 0 Å². The highest BCUT2D eigenvalue weighted by Crippen LogP contribution is 2.33. The van der Waals surface area contributed by atoms with Gasteiger partial charge < -0.3 is 20.1 Å². The van der Waals surface area contributed by atoms with E-state index in [1.54, 1.807) is 18.5 Å². The van der Waals surface area contributed by atoms with Crippen molar-refractivity contribution in [3.63, 3.8) is 0 Å². The third-order valence-electron chi connectivity index (χ3n) is 4.07. The second kappa shape index (κ2) is 6.21. The molecule has 1 saturated carbocycles. The number of nitrogens with zero attached hydrogens (tertiary/aromatic N) is 4. The molecule has 1 aromatic rings. The van der Waals surface area contributed by atoms with Gasteiger partial charge in [0.1, 0.15) is 0 Å². The number of anilines is 1. The lowest BCUT2D eigenvalue weighted by molar-refractivity contribution is -0.388. The highest BCUT2D eigenvalue weighted by molar-refractivity contribution is 5.56. The van der Waals surface area contributed by atoms with Crippen LogP contribution in [0.2, 0.25) is 0 Å². The van der Waals surface area contributed by atoms with Gasteiger partial charge in [0.25, 0.3) is 0 Å². The Hall–Kier alpha value is -1.63. The summed E-state index contributed by atoms with van der Waals surface area (Å²) in [5, 5.41) is 20.5. The number of imidazole rings is 1. The van der Waals surface area contributed by atoms with Crippen molar-refractivity contribution in [1.82, 2.24) is 9.55 Å². The van der Waals surface area contributed by atoms with Crippen molar-refractivity contribution in [3.05, 3.63) is 15.9 Å². The van der Waals surface area contributed by atoms with E-state index in [1.165, 1.54) is 6.42 Å². The minimum Gasteiger partial charge on any atom is -0.395 e. The summed E-state index contributed by atoms with van der Waals surface area (Å²) in [5.41, 5.74) is 0. The van der Waals surface area contributed by atoms with Gasteiger partial charge in [-0.05, 0) is 22.7 Å². The zero-order valence-electron chi connectivity index (χ0n) is 12.1. The monoisotopic (exact) mass is 282 g/mol. The van der Waals surface area contributed by atoms with E-state index in [4.69, 9.17) is 0 Å². The smallest absolute Gasteiger partial charge is 0.395 e. The molecule has 2 rings (SSSR count). The van der Waals surface area contributed by atoms with E-state index in [2.05, 4.69) is 4.98 Å². The third kappa shape index (κ3) is 2.77. The Morgan fingerprint density at radius 1 is 1.45 bits per heavy atom.